The molecule has 0 amide bonds. The molecule has 6 nitrogen and oxygen atoms in total. The van der Waals surface area contributed by atoms with Gasteiger partial charge in [-0.3, -0.25) is 0 Å². The third kappa shape index (κ3) is 3.43. The van der Waals surface area contributed by atoms with E-state index in [1.807, 2.05) is 11.4 Å². The number of nitrogens with zero attached hydrogens (tertiary/aromatic N) is 2. The molecule has 2 aromatic heterocycles. The second-order valence-electron chi connectivity index (χ2n) is 5.12. The Balaban J connectivity index is 1.47. The maximum absolute atomic E-state index is 10.2. The fourth-order valence-electron chi connectivity index (χ4n) is 2.29. The van der Waals surface area contributed by atoms with Gasteiger partial charge < -0.3 is 20.3 Å². The van der Waals surface area contributed by atoms with E-state index in [-0.39, 0.29) is 0 Å². The maximum atomic E-state index is 10.2. The van der Waals surface area contributed by atoms with E-state index in [4.69, 9.17) is 4.52 Å². The molecule has 1 aliphatic heterocycles. The summed E-state index contributed by atoms with van der Waals surface area (Å²) in [7, 11) is 0. The van der Waals surface area contributed by atoms with E-state index in [0.29, 0.717) is 37.8 Å². The van der Waals surface area contributed by atoms with Crippen molar-refractivity contribution in [1.29, 1.82) is 0 Å². The van der Waals surface area contributed by atoms with E-state index in [1.165, 1.54) is 4.88 Å². The van der Waals surface area contributed by atoms with Crippen LogP contribution in [-0.2, 0) is 13.0 Å². The number of β-amino-alcohol motifs (C(OH)–C–C–N with tert-alkyl or cyclic N) is 1. The fraction of sp³-hybridized carbons (Fsp3) is 0.538. The van der Waals surface area contributed by atoms with Gasteiger partial charge in [0, 0.05) is 24.4 Å². The number of aromatic nitrogens is 2. The first-order chi connectivity index (χ1) is 9.73. The van der Waals surface area contributed by atoms with Crippen LogP contribution in [0.3, 0.4) is 0 Å². The summed E-state index contributed by atoms with van der Waals surface area (Å²) in [6.45, 7) is 2.51. The number of nitrogens with one attached hydrogen (secondary N) is 2. The zero-order valence-electron chi connectivity index (χ0n) is 11.1. The second-order valence-corrected chi connectivity index (χ2v) is 6.15. The lowest BCUT2D eigenvalue weighted by Crippen LogP contribution is -2.42. The van der Waals surface area contributed by atoms with Gasteiger partial charge in [-0.15, -0.1) is 11.3 Å². The van der Waals surface area contributed by atoms with Crippen LogP contribution in [0.5, 0.6) is 0 Å². The molecular weight excluding hydrogens is 276 g/mol. The summed E-state index contributed by atoms with van der Waals surface area (Å²) in [5.41, 5.74) is -0.653. The smallest absolute Gasteiger partial charge is 0.240 e. The molecule has 3 heterocycles. The largest absolute Gasteiger partial charge is 0.387 e. The van der Waals surface area contributed by atoms with Crippen molar-refractivity contribution in [3.8, 4) is 0 Å². The van der Waals surface area contributed by atoms with Crippen LogP contribution in [-0.4, -0.2) is 40.5 Å². The van der Waals surface area contributed by atoms with E-state index in [1.54, 1.807) is 11.3 Å². The highest BCUT2D eigenvalue weighted by Crippen LogP contribution is 2.14. The Kier molecular flexibility index (Phi) is 4.11. The molecule has 1 fully saturated rings. The van der Waals surface area contributed by atoms with Gasteiger partial charge in [-0.05, 0) is 24.4 Å². The molecule has 3 N–H and O–H groups in total. The highest BCUT2D eigenvalue weighted by atomic mass is 32.1. The van der Waals surface area contributed by atoms with E-state index in [2.05, 4.69) is 26.8 Å². The molecule has 1 aliphatic rings. The Morgan fingerprint density at radius 1 is 1.55 bits per heavy atom. The summed E-state index contributed by atoms with van der Waals surface area (Å²) in [6.07, 6.45) is 1.47. The number of rotatable bonds is 6. The third-order valence-electron chi connectivity index (χ3n) is 3.37. The topological polar surface area (TPSA) is 83.2 Å². The van der Waals surface area contributed by atoms with Gasteiger partial charge in [0.2, 0.25) is 5.89 Å². The lowest BCUT2D eigenvalue weighted by molar-refractivity contribution is 0.0601. The van der Waals surface area contributed by atoms with Crippen molar-refractivity contribution in [2.45, 2.75) is 25.0 Å². The quantitative estimate of drug-likeness (QED) is 0.721. The molecule has 0 saturated carbocycles. The first kappa shape index (κ1) is 13.7. The molecular formula is C13H18N4O2S. The van der Waals surface area contributed by atoms with Crippen molar-refractivity contribution < 1.29 is 9.63 Å². The summed E-state index contributed by atoms with van der Waals surface area (Å²) < 4.78 is 5.19. The average Bonchev–Trinajstić information content (AvgIpc) is 3.14. The molecule has 108 valence electrons. The Morgan fingerprint density at radius 2 is 2.50 bits per heavy atom. The summed E-state index contributed by atoms with van der Waals surface area (Å²) in [6, 6.07) is 4.07. The highest BCUT2D eigenvalue weighted by Gasteiger charge is 2.30. The molecule has 1 atom stereocenters. The molecule has 0 aliphatic carbocycles. The number of hydrogen-bond acceptors (Lipinski definition) is 7. The zero-order chi connectivity index (χ0) is 13.8. The molecule has 2 aromatic rings. The van der Waals surface area contributed by atoms with Crippen molar-refractivity contribution in [1.82, 2.24) is 20.8 Å². The van der Waals surface area contributed by atoms with Crippen LogP contribution in [0.2, 0.25) is 0 Å². The SMILES string of the molecule is OC1(CNCc2nc(Cc3cccs3)no2)CCNC1. The van der Waals surface area contributed by atoms with Gasteiger partial charge in [-0.2, -0.15) is 4.98 Å². The van der Waals surface area contributed by atoms with Gasteiger partial charge in [0.05, 0.1) is 12.1 Å². The summed E-state index contributed by atoms with van der Waals surface area (Å²) in [5.74, 6) is 1.26. The molecule has 20 heavy (non-hydrogen) atoms. The Morgan fingerprint density at radius 3 is 3.25 bits per heavy atom. The summed E-state index contributed by atoms with van der Waals surface area (Å²) in [5, 5.41) is 22.5. The van der Waals surface area contributed by atoms with Crippen LogP contribution < -0.4 is 10.6 Å². The van der Waals surface area contributed by atoms with Crippen LogP contribution in [0, 0.1) is 0 Å². The van der Waals surface area contributed by atoms with E-state index in [9.17, 15) is 5.11 Å². The van der Waals surface area contributed by atoms with Gasteiger partial charge in [-0.25, -0.2) is 0 Å². The summed E-state index contributed by atoms with van der Waals surface area (Å²) >= 11 is 1.68. The Hall–Kier alpha value is -1.28. The van der Waals surface area contributed by atoms with Crippen LogP contribution in [0.1, 0.15) is 23.0 Å². The molecule has 3 rings (SSSR count). The fourth-order valence-corrected chi connectivity index (χ4v) is 2.99. The zero-order valence-corrected chi connectivity index (χ0v) is 11.9. The summed E-state index contributed by atoms with van der Waals surface area (Å²) in [4.78, 5) is 5.56. The minimum atomic E-state index is -0.653. The van der Waals surface area contributed by atoms with E-state index < -0.39 is 5.60 Å². The van der Waals surface area contributed by atoms with E-state index >= 15 is 0 Å². The molecule has 1 unspecified atom stereocenters. The molecule has 0 bridgehead atoms. The van der Waals surface area contributed by atoms with Crippen LogP contribution in [0.4, 0.5) is 0 Å². The number of aliphatic hydroxyl groups is 1. The Bertz CT molecular complexity index is 534. The van der Waals surface area contributed by atoms with Crippen molar-refractivity contribution in [3.63, 3.8) is 0 Å². The van der Waals surface area contributed by atoms with Crippen molar-refractivity contribution in [3.05, 3.63) is 34.1 Å². The standard InChI is InChI=1S/C13H18N4O2S/c18-13(3-4-14-8-13)9-15-7-12-16-11(17-19-12)6-10-2-1-5-20-10/h1-2,5,14-15,18H,3-4,6-9H2. The monoisotopic (exact) mass is 294 g/mol. The van der Waals surface area contributed by atoms with Gasteiger partial charge in [0.15, 0.2) is 5.82 Å². The van der Waals surface area contributed by atoms with Gasteiger partial charge >= 0.3 is 0 Å². The molecule has 1 saturated heterocycles. The maximum Gasteiger partial charge on any atom is 0.240 e. The van der Waals surface area contributed by atoms with E-state index in [0.717, 1.165) is 13.0 Å². The number of hydrogen-bond donors (Lipinski definition) is 3. The van der Waals surface area contributed by atoms with Crippen LogP contribution in [0.15, 0.2) is 22.0 Å². The van der Waals surface area contributed by atoms with Crippen molar-refractivity contribution >= 4 is 11.3 Å². The van der Waals surface area contributed by atoms with Gasteiger partial charge in [0.25, 0.3) is 0 Å². The lowest BCUT2D eigenvalue weighted by Gasteiger charge is -2.20. The third-order valence-corrected chi connectivity index (χ3v) is 4.25. The van der Waals surface area contributed by atoms with Crippen molar-refractivity contribution in [2.24, 2.45) is 0 Å². The molecule has 0 aromatic carbocycles. The van der Waals surface area contributed by atoms with Crippen LogP contribution in [0.25, 0.3) is 0 Å². The molecule has 0 radical (unpaired) electrons. The minimum absolute atomic E-state index is 0.486. The number of thiophene rings is 1. The van der Waals surface area contributed by atoms with Crippen LogP contribution >= 0.6 is 11.3 Å². The highest BCUT2D eigenvalue weighted by molar-refractivity contribution is 7.09. The first-order valence-corrected chi connectivity index (χ1v) is 7.59. The predicted octanol–water partition coefficient (Wildman–Crippen LogP) is 0.536. The molecule has 7 heteroatoms. The second kappa shape index (κ2) is 6.01. The minimum Gasteiger partial charge on any atom is -0.387 e. The average molecular weight is 294 g/mol. The molecule has 0 spiro atoms. The normalized spacial score (nSPS) is 22.4. The van der Waals surface area contributed by atoms with Gasteiger partial charge in [0.1, 0.15) is 0 Å². The Labute approximate surface area is 121 Å². The predicted molar refractivity (Wildman–Crippen MR) is 75.6 cm³/mol. The first-order valence-electron chi connectivity index (χ1n) is 6.71. The van der Waals surface area contributed by atoms with Gasteiger partial charge in [-0.1, -0.05) is 11.2 Å². The van der Waals surface area contributed by atoms with Crippen molar-refractivity contribution in [2.75, 3.05) is 19.6 Å². The lowest BCUT2D eigenvalue weighted by atomic mass is 10.0.